The maximum absolute atomic E-state index is 12.1. The molecule has 0 saturated carbocycles. The summed E-state index contributed by atoms with van der Waals surface area (Å²) in [4.78, 5) is 16.3. The zero-order valence-corrected chi connectivity index (χ0v) is 14.3. The van der Waals surface area contributed by atoms with Crippen LogP contribution in [0.15, 0.2) is 47.1 Å². The number of rotatable bonds is 2. The first-order valence-electron chi connectivity index (χ1n) is 7.48. The van der Waals surface area contributed by atoms with Crippen LogP contribution in [0.5, 0.6) is 11.5 Å². The molecule has 2 aliphatic rings. The van der Waals surface area contributed by atoms with Crippen molar-refractivity contribution >= 4 is 41.1 Å². The Morgan fingerprint density at radius 3 is 2.60 bits per heavy atom. The van der Waals surface area contributed by atoms with Gasteiger partial charge >= 0.3 is 5.97 Å². The number of benzene rings is 2. The van der Waals surface area contributed by atoms with Gasteiger partial charge in [0, 0.05) is 10.6 Å². The molecule has 0 N–H and O–H groups in total. The molecule has 0 aromatic heterocycles. The minimum absolute atomic E-state index is 0.178. The Kier molecular flexibility index (Phi) is 4.11. The Hall–Kier alpha value is -2.50. The van der Waals surface area contributed by atoms with Crippen LogP contribution in [0.1, 0.15) is 11.1 Å². The molecule has 25 heavy (non-hydrogen) atoms. The van der Waals surface area contributed by atoms with E-state index in [1.165, 1.54) is 0 Å². The molecule has 0 bridgehead atoms. The lowest BCUT2D eigenvalue weighted by Gasteiger charge is -2.19. The summed E-state index contributed by atoms with van der Waals surface area (Å²) in [5.41, 5.74) is 1.52. The Balaban J connectivity index is 1.68. The highest BCUT2D eigenvalue weighted by Crippen LogP contribution is 2.39. The van der Waals surface area contributed by atoms with Crippen molar-refractivity contribution in [3.8, 4) is 11.5 Å². The van der Waals surface area contributed by atoms with Crippen molar-refractivity contribution in [3.05, 3.63) is 63.3 Å². The first-order chi connectivity index (χ1) is 12.1. The van der Waals surface area contributed by atoms with Crippen molar-refractivity contribution in [2.75, 3.05) is 13.2 Å². The SMILES string of the molecule is O=C1OC(c2ccc(Cl)cc2)=N/C1=C/c1cc(Cl)c2c(c1)OCCO2. The number of esters is 1. The molecular weight excluding hydrogens is 365 g/mol. The van der Waals surface area contributed by atoms with Crippen molar-refractivity contribution in [2.45, 2.75) is 0 Å². The van der Waals surface area contributed by atoms with Gasteiger partial charge in [-0.3, -0.25) is 0 Å². The van der Waals surface area contributed by atoms with E-state index in [1.54, 1.807) is 42.5 Å². The van der Waals surface area contributed by atoms with Crippen molar-refractivity contribution in [1.82, 2.24) is 0 Å². The van der Waals surface area contributed by atoms with Gasteiger partial charge in [0.1, 0.15) is 13.2 Å². The highest BCUT2D eigenvalue weighted by Gasteiger charge is 2.25. The fourth-order valence-corrected chi connectivity index (χ4v) is 2.90. The van der Waals surface area contributed by atoms with Crippen LogP contribution in [-0.2, 0) is 9.53 Å². The quantitative estimate of drug-likeness (QED) is 0.585. The number of ether oxygens (including phenoxy) is 3. The lowest BCUT2D eigenvalue weighted by molar-refractivity contribution is -0.129. The van der Waals surface area contributed by atoms with Crippen molar-refractivity contribution < 1.29 is 19.0 Å². The normalized spacial score (nSPS) is 17.4. The Morgan fingerprint density at radius 1 is 1.04 bits per heavy atom. The summed E-state index contributed by atoms with van der Waals surface area (Å²) in [5, 5.41) is 1.01. The maximum atomic E-state index is 12.1. The molecule has 126 valence electrons. The number of carbonyl (C=O) groups is 1. The van der Waals surface area contributed by atoms with Gasteiger partial charge in [0.05, 0.1) is 5.02 Å². The smallest absolute Gasteiger partial charge is 0.363 e. The van der Waals surface area contributed by atoms with Gasteiger partial charge in [-0.2, -0.15) is 0 Å². The van der Waals surface area contributed by atoms with Crippen LogP contribution in [0.3, 0.4) is 0 Å². The van der Waals surface area contributed by atoms with Crippen LogP contribution in [0.4, 0.5) is 0 Å². The number of halogens is 2. The fraction of sp³-hybridized carbons (Fsp3) is 0.111. The maximum Gasteiger partial charge on any atom is 0.363 e. The van der Waals surface area contributed by atoms with Crippen LogP contribution < -0.4 is 9.47 Å². The van der Waals surface area contributed by atoms with E-state index in [-0.39, 0.29) is 11.6 Å². The van der Waals surface area contributed by atoms with Gasteiger partial charge in [-0.1, -0.05) is 23.2 Å². The molecule has 0 fully saturated rings. The number of carbonyl (C=O) groups excluding carboxylic acids is 1. The molecule has 0 atom stereocenters. The van der Waals surface area contributed by atoms with Crippen LogP contribution in [0, 0.1) is 0 Å². The summed E-state index contributed by atoms with van der Waals surface area (Å²) in [6, 6.07) is 10.3. The summed E-state index contributed by atoms with van der Waals surface area (Å²) < 4.78 is 16.2. The van der Waals surface area contributed by atoms with E-state index in [0.29, 0.717) is 45.9 Å². The molecular formula is C18H11Cl2NO4. The van der Waals surface area contributed by atoms with Gasteiger partial charge in [-0.15, -0.1) is 0 Å². The molecule has 2 aromatic carbocycles. The van der Waals surface area contributed by atoms with Gasteiger partial charge in [-0.05, 0) is 48.0 Å². The molecule has 7 heteroatoms. The minimum atomic E-state index is -0.532. The molecule has 0 radical (unpaired) electrons. The average molecular weight is 376 g/mol. The second kappa shape index (κ2) is 6.43. The van der Waals surface area contributed by atoms with E-state index in [2.05, 4.69) is 4.99 Å². The predicted octanol–water partition coefficient (Wildman–Crippen LogP) is 4.11. The second-order valence-electron chi connectivity index (χ2n) is 5.37. The Bertz CT molecular complexity index is 919. The van der Waals surface area contributed by atoms with E-state index in [4.69, 9.17) is 37.4 Å². The molecule has 0 amide bonds. The number of hydrogen-bond acceptors (Lipinski definition) is 5. The second-order valence-corrected chi connectivity index (χ2v) is 6.21. The molecule has 0 saturated heterocycles. The topological polar surface area (TPSA) is 57.1 Å². The zero-order valence-electron chi connectivity index (χ0n) is 12.8. The summed E-state index contributed by atoms with van der Waals surface area (Å²) in [6.07, 6.45) is 1.59. The average Bonchev–Trinajstić information content (AvgIpc) is 2.96. The van der Waals surface area contributed by atoms with E-state index >= 15 is 0 Å². The zero-order chi connectivity index (χ0) is 17.4. The van der Waals surface area contributed by atoms with E-state index in [0.717, 1.165) is 0 Å². The number of cyclic esters (lactones) is 1. The standard InChI is InChI=1S/C18H11Cl2NO4/c19-12-3-1-11(2-4-12)17-21-14(18(22)25-17)8-10-7-13(20)16-15(9-10)23-5-6-24-16/h1-4,7-9H,5-6H2/b14-8+. The van der Waals surface area contributed by atoms with Gasteiger partial charge in [-0.25, -0.2) is 9.79 Å². The number of nitrogens with zero attached hydrogens (tertiary/aromatic N) is 1. The lowest BCUT2D eigenvalue weighted by atomic mass is 10.1. The largest absolute Gasteiger partial charge is 0.486 e. The Labute approximate surface area is 153 Å². The summed E-state index contributed by atoms with van der Waals surface area (Å²) in [7, 11) is 0. The fourth-order valence-electron chi connectivity index (χ4n) is 2.50. The van der Waals surface area contributed by atoms with Crippen molar-refractivity contribution in [2.24, 2.45) is 4.99 Å². The van der Waals surface area contributed by atoms with Crippen LogP contribution in [0.2, 0.25) is 10.0 Å². The predicted molar refractivity (Wildman–Crippen MR) is 94.5 cm³/mol. The van der Waals surface area contributed by atoms with Gasteiger partial charge < -0.3 is 14.2 Å². The lowest BCUT2D eigenvalue weighted by Crippen LogP contribution is -2.15. The first kappa shape index (κ1) is 16.0. The first-order valence-corrected chi connectivity index (χ1v) is 8.23. The number of aliphatic imine (C=N–C) groups is 1. The summed E-state index contributed by atoms with van der Waals surface area (Å²) in [6.45, 7) is 0.901. The van der Waals surface area contributed by atoms with Gasteiger partial charge in [0.15, 0.2) is 17.2 Å². The molecule has 0 aliphatic carbocycles. The highest BCUT2D eigenvalue weighted by molar-refractivity contribution is 6.32. The van der Waals surface area contributed by atoms with E-state index < -0.39 is 5.97 Å². The van der Waals surface area contributed by atoms with Crippen LogP contribution >= 0.6 is 23.2 Å². The molecule has 2 heterocycles. The van der Waals surface area contributed by atoms with E-state index in [9.17, 15) is 4.79 Å². The van der Waals surface area contributed by atoms with E-state index in [1.807, 2.05) is 0 Å². The third-order valence-corrected chi connectivity index (χ3v) is 4.17. The summed E-state index contributed by atoms with van der Waals surface area (Å²) in [5.74, 6) is 0.751. The minimum Gasteiger partial charge on any atom is -0.486 e. The third kappa shape index (κ3) is 3.21. The Morgan fingerprint density at radius 2 is 1.80 bits per heavy atom. The molecule has 5 nitrogen and oxygen atoms in total. The van der Waals surface area contributed by atoms with Gasteiger partial charge in [0.2, 0.25) is 5.90 Å². The van der Waals surface area contributed by atoms with Gasteiger partial charge in [0.25, 0.3) is 0 Å². The molecule has 2 aliphatic heterocycles. The molecule has 2 aromatic rings. The highest BCUT2D eigenvalue weighted by atomic mass is 35.5. The van der Waals surface area contributed by atoms with Crippen LogP contribution in [-0.4, -0.2) is 25.1 Å². The monoisotopic (exact) mass is 375 g/mol. The molecule has 0 spiro atoms. The summed E-state index contributed by atoms with van der Waals surface area (Å²) >= 11 is 12.1. The molecule has 4 rings (SSSR count). The third-order valence-electron chi connectivity index (χ3n) is 3.63. The molecule has 0 unspecified atom stereocenters. The van der Waals surface area contributed by atoms with Crippen molar-refractivity contribution in [1.29, 1.82) is 0 Å². The number of hydrogen-bond donors (Lipinski definition) is 0. The van der Waals surface area contributed by atoms with Crippen molar-refractivity contribution in [3.63, 3.8) is 0 Å². The number of fused-ring (bicyclic) bond motifs is 1. The van der Waals surface area contributed by atoms with Crippen LogP contribution in [0.25, 0.3) is 6.08 Å².